The average Bonchev–Trinajstić information content (AvgIpc) is 2.60. The summed E-state index contributed by atoms with van der Waals surface area (Å²) in [5, 5.41) is 12.9. The van der Waals surface area contributed by atoms with E-state index in [1.165, 1.54) is 6.92 Å². The van der Waals surface area contributed by atoms with E-state index < -0.39 is 5.97 Å². The summed E-state index contributed by atoms with van der Waals surface area (Å²) in [5.74, 6) is 4.23. The zero-order chi connectivity index (χ0) is 11.3. The Labute approximate surface area is 90.9 Å². The molecule has 78 valence electrons. The van der Waals surface area contributed by atoms with Crippen molar-refractivity contribution in [2.75, 3.05) is 6.54 Å². The average molecular weight is 223 g/mol. The number of rotatable bonds is 2. The highest BCUT2D eigenvalue weighted by Crippen LogP contribution is 2.15. The Bertz CT molecular complexity index is 439. The third kappa shape index (κ3) is 3.44. The first-order valence-electron chi connectivity index (χ1n) is 4.15. The van der Waals surface area contributed by atoms with Gasteiger partial charge in [-0.25, -0.2) is 4.79 Å². The molecule has 0 aliphatic carbocycles. The summed E-state index contributed by atoms with van der Waals surface area (Å²) in [6.07, 6.45) is 0. The molecule has 1 heterocycles. The SMILES string of the molecule is CC(=O)NCC#Cc1ccsc1C(=O)O. The molecule has 0 atom stereocenters. The van der Waals surface area contributed by atoms with Crippen LogP contribution in [0.25, 0.3) is 0 Å². The smallest absolute Gasteiger partial charge is 0.347 e. The third-order valence-electron chi connectivity index (χ3n) is 1.51. The standard InChI is InChI=1S/C10H9NO3S/c1-7(12)11-5-2-3-8-4-6-15-9(8)10(13)14/h4,6H,5H2,1H3,(H,11,12)(H,13,14). The van der Waals surface area contributed by atoms with Gasteiger partial charge in [0.25, 0.3) is 0 Å². The van der Waals surface area contributed by atoms with Crippen molar-refractivity contribution in [1.82, 2.24) is 5.32 Å². The molecule has 0 spiro atoms. The molecular formula is C10H9NO3S. The zero-order valence-corrected chi connectivity index (χ0v) is 8.85. The van der Waals surface area contributed by atoms with Crippen LogP contribution in [0.1, 0.15) is 22.2 Å². The third-order valence-corrected chi connectivity index (χ3v) is 2.41. The Morgan fingerprint density at radius 2 is 2.33 bits per heavy atom. The first-order chi connectivity index (χ1) is 7.11. The van der Waals surface area contributed by atoms with Crippen LogP contribution in [0, 0.1) is 11.8 Å². The van der Waals surface area contributed by atoms with E-state index in [2.05, 4.69) is 17.2 Å². The summed E-state index contributed by atoms with van der Waals surface area (Å²) in [6.45, 7) is 1.62. The van der Waals surface area contributed by atoms with E-state index in [-0.39, 0.29) is 17.3 Å². The van der Waals surface area contributed by atoms with Crippen LogP contribution in [-0.2, 0) is 4.79 Å². The van der Waals surface area contributed by atoms with Crippen LogP contribution in [0.2, 0.25) is 0 Å². The predicted molar refractivity (Wildman–Crippen MR) is 56.8 cm³/mol. The summed E-state index contributed by atoms with van der Waals surface area (Å²) in [4.78, 5) is 21.4. The molecule has 0 aliphatic heterocycles. The Hall–Kier alpha value is -1.80. The number of thiophene rings is 1. The number of carboxylic acids is 1. The lowest BCUT2D eigenvalue weighted by atomic mass is 10.2. The lowest BCUT2D eigenvalue weighted by Crippen LogP contribution is -2.19. The normalized spacial score (nSPS) is 8.87. The van der Waals surface area contributed by atoms with Crippen LogP contribution in [0.15, 0.2) is 11.4 Å². The van der Waals surface area contributed by atoms with Gasteiger partial charge in [0.05, 0.1) is 6.54 Å². The minimum absolute atomic E-state index is 0.159. The first-order valence-corrected chi connectivity index (χ1v) is 5.03. The van der Waals surface area contributed by atoms with Crippen molar-refractivity contribution in [2.24, 2.45) is 0 Å². The van der Waals surface area contributed by atoms with Gasteiger partial charge in [0, 0.05) is 12.5 Å². The second kappa shape index (κ2) is 5.17. The van der Waals surface area contributed by atoms with Gasteiger partial charge in [0.2, 0.25) is 5.91 Å². The van der Waals surface area contributed by atoms with Crippen molar-refractivity contribution >= 4 is 23.2 Å². The summed E-state index contributed by atoms with van der Waals surface area (Å²) in [5.41, 5.74) is 0.484. The van der Waals surface area contributed by atoms with E-state index in [4.69, 9.17) is 5.11 Å². The molecule has 1 rings (SSSR count). The van der Waals surface area contributed by atoms with Gasteiger partial charge < -0.3 is 10.4 Å². The van der Waals surface area contributed by atoms with Crippen molar-refractivity contribution in [3.8, 4) is 11.8 Å². The Morgan fingerprint density at radius 3 is 2.93 bits per heavy atom. The molecule has 4 nitrogen and oxygen atoms in total. The molecule has 0 fully saturated rings. The Morgan fingerprint density at radius 1 is 1.60 bits per heavy atom. The maximum atomic E-state index is 10.7. The number of carbonyl (C=O) groups excluding carboxylic acids is 1. The number of hydrogen-bond acceptors (Lipinski definition) is 3. The fraction of sp³-hybridized carbons (Fsp3) is 0.200. The van der Waals surface area contributed by atoms with Crippen LogP contribution in [0.3, 0.4) is 0 Å². The van der Waals surface area contributed by atoms with Crippen LogP contribution >= 0.6 is 11.3 Å². The first kappa shape index (κ1) is 11.3. The second-order valence-electron chi connectivity index (χ2n) is 2.68. The molecule has 0 bridgehead atoms. The summed E-state index contributed by atoms with van der Waals surface area (Å²) in [7, 11) is 0. The molecule has 1 aromatic heterocycles. The van der Waals surface area contributed by atoms with Gasteiger partial charge in [0.15, 0.2) is 0 Å². The molecule has 0 radical (unpaired) electrons. The molecule has 0 saturated carbocycles. The number of aromatic carboxylic acids is 1. The highest BCUT2D eigenvalue weighted by molar-refractivity contribution is 7.12. The van der Waals surface area contributed by atoms with Gasteiger partial charge >= 0.3 is 5.97 Å². The summed E-state index contributed by atoms with van der Waals surface area (Å²) >= 11 is 1.13. The van der Waals surface area contributed by atoms with Crippen molar-refractivity contribution in [3.05, 3.63) is 21.9 Å². The molecular weight excluding hydrogens is 214 g/mol. The van der Waals surface area contributed by atoms with Crippen molar-refractivity contribution in [3.63, 3.8) is 0 Å². The molecule has 0 saturated heterocycles. The van der Waals surface area contributed by atoms with Gasteiger partial charge in [-0.2, -0.15) is 0 Å². The minimum Gasteiger partial charge on any atom is -0.477 e. The van der Waals surface area contributed by atoms with Gasteiger partial charge in [-0.05, 0) is 11.4 Å². The van der Waals surface area contributed by atoms with E-state index in [1.807, 2.05) is 0 Å². The van der Waals surface area contributed by atoms with Crippen LogP contribution in [0.4, 0.5) is 0 Å². The largest absolute Gasteiger partial charge is 0.477 e. The highest BCUT2D eigenvalue weighted by atomic mass is 32.1. The van der Waals surface area contributed by atoms with Crippen molar-refractivity contribution in [1.29, 1.82) is 0 Å². The van der Waals surface area contributed by atoms with E-state index >= 15 is 0 Å². The Kier molecular flexibility index (Phi) is 3.89. The van der Waals surface area contributed by atoms with Gasteiger partial charge in [-0.15, -0.1) is 11.3 Å². The van der Waals surface area contributed by atoms with Crippen LogP contribution < -0.4 is 5.32 Å². The van der Waals surface area contributed by atoms with Crippen molar-refractivity contribution < 1.29 is 14.7 Å². The maximum absolute atomic E-state index is 10.7. The molecule has 0 unspecified atom stereocenters. The number of nitrogens with one attached hydrogen (secondary N) is 1. The molecule has 5 heteroatoms. The van der Waals surface area contributed by atoms with E-state index in [0.29, 0.717) is 5.56 Å². The quantitative estimate of drug-likeness (QED) is 0.733. The fourth-order valence-corrected chi connectivity index (χ4v) is 1.57. The lowest BCUT2D eigenvalue weighted by Gasteiger charge is -1.91. The minimum atomic E-state index is -0.978. The number of carboxylic acid groups (broad SMARTS) is 1. The van der Waals surface area contributed by atoms with Gasteiger partial charge in [-0.1, -0.05) is 11.8 Å². The molecule has 15 heavy (non-hydrogen) atoms. The second-order valence-corrected chi connectivity index (χ2v) is 3.60. The molecule has 0 aromatic carbocycles. The van der Waals surface area contributed by atoms with Crippen molar-refractivity contribution in [2.45, 2.75) is 6.92 Å². The fourth-order valence-electron chi connectivity index (χ4n) is 0.881. The lowest BCUT2D eigenvalue weighted by molar-refractivity contribution is -0.118. The number of amides is 1. The summed E-state index contributed by atoms with van der Waals surface area (Å²) in [6, 6.07) is 1.65. The van der Waals surface area contributed by atoms with Gasteiger partial charge in [-0.3, -0.25) is 4.79 Å². The van der Waals surface area contributed by atoms with Crippen LogP contribution in [0.5, 0.6) is 0 Å². The molecule has 1 amide bonds. The molecule has 0 aliphatic rings. The maximum Gasteiger partial charge on any atom is 0.347 e. The highest BCUT2D eigenvalue weighted by Gasteiger charge is 2.08. The number of hydrogen-bond donors (Lipinski definition) is 2. The summed E-state index contributed by atoms with van der Waals surface area (Å²) < 4.78 is 0. The predicted octanol–water partition coefficient (Wildman–Crippen LogP) is 0.934. The van der Waals surface area contributed by atoms with Crippen LogP contribution in [-0.4, -0.2) is 23.5 Å². The number of carbonyl (C=O) groups is 2. The van der Waals surface area contributed by atoms with E-state index in [9.17, 15) is 9.59 Å². The van der Waals surface area contributed by atoms with E-state index in [0.717, 1.165) is 11.3 Å². The molecule has 1 aromatic rings. The zero-order valence-electron chi connectivity index (χ0n) is 8.03. The topological polar surface area (TPSA) is 66.4 Å². The monoisotopic (exact) mass is 223 g/mol. The van der Waals surface area contributed by atoms with Gasteiger partial charge in [0.1, 0.15) is 4.88 Å². The Balaban J connectivity index is 2.67. The molecule has 2 N–H and O–H groups in total. The van der Waals surface area contributed by atoms with E-state index in [1.54, 1.807) is 11.4 Å².